The minimum Gasteiger partial charge on any atom is -0.322 e. The van der Waals surface area contributed by atoms with E-state index < -0.39 is 11.7 Å². The second kappa shape index (κ2) is 8.02. The molecule has 6 nitrogen and oxygen atoms in total. The van der Waals surface area contributed by atoms with E-state index in [-0.39, 0.29) is 22.4 Å². The summed E-state index contributed by atoms with van der Waals surface area (Å²) in [6.45, 7) is 0.866. The van der Waals surface area contributed by atoms with Gasteiger partial charge in [-0.2, -0.15) is 0 Å². The fourth-order valence-electron chi connectivity index (χ4n) is 2.94. The molecule has 2 N–H and O–H groups in total. The van der Waals surface area contributed by atoms with Crippen molar-refractivity contribution in [1.29, 1.82) is 0 Å². The Hall–Kier alpha value is -2.51. The lowest BCUT2D eigenvalue weighted by atomic mass is 10.2. The van der Waals surface area contributed by atoms with Gasteiger partial charge in [0.2, 0.25) is 5.91 Å². The quantitative estimate of drug-likeness (QED) is 0.794. The van der Waals surface area contributed by atoms with Gasteiger partial charge in [-0.15, -0.1) is 0 Å². The minimum absolute atomic E-state index is 0.0235. The first-order valence-electron chi connectivity index (χ1n) is 8.52. The molecule has 1 saturated carbocycles. The molecule has 8 heteroatoms. The van der Waals surface area contributed by atoms with Crippen LogP contribution in [0.15, 0.2) is 36.5 Å². The van der Waals surface area contributed by atoms with Gasteiger partial charge in [-0.05, 0) is 44.6 Å². The maximum absolute atomic E-state index is 13.9. The van der Waals surface area contributed by atoms with E-state index in [2.05, 4.69) is 20.5 Å². The number of hydrogen-bond acceptors (Lipinski definition) is 4. The molecule has 1 heterocycles. The van der Waals surface area contributed by atoms with E-state index >= 15 is 0 Å². The second-order valence-electron chi connectivity index (χ2n) is 6.83. The third-order valence-electron chi connectivity index (χ3n) is 4.32. The van der Waals surface area contributed by atoms with Crippen LogP contribution in [0.4, 0.5) is 15.9 Å². The Morgan fingerprint density at radius 3 is 2.78 bits per heavy atom. The highest BCUT2D eigenvalue weighted by Gasteiger charge is 2.43. The molecule has 142 valence electrons. The SMILES string of the molecule is CN(C)CC1CC1C(=O)Nc1cc(NC(=O)c2c(F)cccc2Cl)ccn1. The maximum Gasteiger partial charge on any atom is 0.260 e. The molecule has 0 spiro atoms. The van der Waals surface area contributed by atoms with E-state index in [1.54, 1.807) is 6.07 Å². The van der Waals surface area contributed by atoms with Crippen LogP contribution in [0.1, 0.15) is 16.8 Å². The van der Waals surface area contributed by atoms with Crippen LogP contribution in [0.25, 0.3) is 0 Å². The van der Waals surface area contributed by atoms with E-state index in [1.807, 2.05) is 14.1 Å². The van der Waals surface area contributed by atoms with Crippen molar-refractivity contribution in [3.8, 4) is 0 Å². The lowest BCUT2D eigenvalue weighted by Gasteiger charge is -2.10. The molecule has 2 unspecified atom stereocenters. The highest BCUT2D eigenvalue weighted by molar-refractivity contribution is 6.34. The van der Waals surface area contributed by atoms with Crippen molar-refractivity contribution in [2.75, 3.05) is 31.3 Å². The predicted octanol–water partition coefficient (Wildman–Crippen LogP) is 3.26. The topological polar surface area (TPSA) is 74.3 Å². The smallest absolute Gasteiger partial charge is 0.260 e. The van der Waals surface area contributed by atoms with Gasteiger partial charge in [0.25, 0.3) is 5.91 Å². The number of aromatic nitrogens is 1. The first kappa shape index (κ1) is 19.3. The molecule has 1 fully saturated rings. The third kappa shape index (κ3) is 4.81. The molecule has 2 atom stereocenters. The lowest BCUT2D eigenvalue weighted by Crippen LogP contribution is -2.20. The number of nitrogens with one attached hydrogen (secondary N) is 2. The summed E-state index contributed by atoms with van der Waals surface area (Å²) >= 11 is 5.91. The van der Waals surface area contributed by atoms with Crippen molar-refractivity contribution in [2.45, 2.75) is 6.42 Å². The van der Waals surface area contributed by atoms with E-state index in [0.717, 1.165) is 13.0 Å². The van der Waals surface area contributed by atoms with Crippen molar-refractivity contribution >= 4 is 34.9 Å². The molecule has 2 amide bonds. The number of benzene rings is 1. The highest BCUT2D eigenvalue weighted by atomic mass is 35.5. The number of rotatable bonds is 6. The number of amides is 2. The van der Waals surface area contributed by atoms with E-state index in [1.165, 1.54) is 30.5 Å². The number of halogens is 2. The monoisotopic (exact) mass is 390 g/mol. The maximum atomic E-state index is 13.9. The molecule has 1 aliphatic carbocycles. The van der Waals surface area contributed by atoms with Crippen LogP contribution in [0.2, 0.25) is 5.02 Å². The predicted molar refractivity (Wildman–Crippen MR) is 102 cm³/mol. The molecule has 2 aromatic rings. The normalized spacial score (nSPS) is 18.3. The lowest BCUT2D eigenvalue weighted by molar-refractivity contribution is -0.117. The first-order valence-corrected chi connectivity index (χ1v) is 8.90. The Labute approximate surface area is 161 Å². The summed E-state index contributed by atoms with van der Waals surface area (Å²) in [5.41, 5.74) is 0.149. The van der Waals surface area contributed by atoms with Gasteiger partial charge in [0.15, 0.2) is 0 Å². The fraction of sp³-hybridized carbons (Fsp3) is 0.316. The Morgan fingerprint density at radius 1 is 1.30 bits per heavy atom. The van der Waals surface area contributed by atoms with Gasteiger partial charge in [0.1, 0.15) is 11.6 Å². The Kier molecular flexibility index (Phi) is 5.72. The number of carbonyl (C=O) groups excluding carboxylic acids is 2. The van der Waals surface area contributed by atoms with Crippen LogP contribution in [0.5, 0.6) is 0 Å². The summed E-state index contributed by atoms with van der Waals surface area (Å²) in [6.07, 6.45) is 2.31. The third-order valence-corrected chi connectivity index (χ3v) is 4.63. The molecule has 0 aliphatic heterocycles. The summed E-state index contributed by atoms with van der Waals surface area (Å²) in [6, 6.07) is 7.11. The minimum atomic E-state index is -0.705. The van der Waals surface area contributed by atoms with Crippen LogP contribution in [0.3, 0.4) is 0 Å². The highest BCUT2D eigenvalue weighted by Crippen LogP contribution is 2.39. The van der Waals surface area contributed by atoms with Gasteiger partial charge in [0, 0.05) is 30.4 Å². The zero-order valence-electron chi connectivity index (χ0n) is 15.0. The van der Waals surface area contributed by atoms with Crippen molar-refractivity contribution < 1.29 is 14.0 Å². The average molecular weight is 391 g/mol. The zero-order valence-corrected chi connectivity index (χ0v) is 15.8. The fourth-order valence-corrected chi connectivity index (χ4v) is 3.19. The van der Waals surface area contributed by atoms with Crippen LogP contribution >= 0.6 is 11.6 Å². The molecule has 3 rings (SSSR count). The van der Waals surface area contributed by atoms with E-state index in [4.69, 9.17) is 11.6 Å². The summed E-state index contributed by atoms with van der Waals surface area (Å²) in [7, 11) is 3.95. The molecule has 1 aromatic carbocycles. The summed E-state index contributed by atoms with van der Waals surface area (Å²) in [4.78, 5) is 30.7. The summed E-state index contributed by atoms with van der Waals surface area (Å²) in [5, 5.41) is 5.36. The van der Waals surface area contributed by atoms with Crippen LogP contribution in [0, 0.1) is 17.7 Å². The number of hydrogen-bond donors (Lipinski definition) is 2. The van der Waals surface area contributed by atoms with Gasteiger partial charge in [-0.1, -0.05) is 17.7 Å². The van der Waals surface area contributed by atoms with Gasteiger partial charge < -0.3 is 15.5 Å². The molecule has 1 aromatic heterocycles. The van der Waals surface area contributed by atoms with Gasteiger partial charge in [0.05, 0.1) is 10.6 Å². The number of pyridine rings is 1. The second-order valence-corrected chi connectivity index (χ2v) is 7.24. The largest absolute Gasteiger partial charge is 0.322 e. The Bertz CT molecular complexity index is 854. The number of anilines is 2. The standard InChI is InChI=1S/C19H20ClFN4O2/c1-25(2)10-11-8-13(11)18(26)24-16-9-12(6-7-22-16)23-19(27)17-14(20)4-3-5-15(17)21/h3-7,9,11,13H,8,10H2,1-2H3,(H2,22,23,24,26,27). The molecule has 0 saturated heterocycles. The first-order chi connectivity index (χ1) is 12.8. The molecule has 0 radical (unpaired) electrons. The van der Waals surface area contributed by atoms with Gasteiger partial charge >= 0.3 is 0 Å². The molecule has 27 heavy (non-hydrogen) atoms. The molecule has 1 aliphatic rings. The van der Waals surface area contributed by atoms with Gasteiger partial charge in [-0.3, -0.25) is 9.59 Å². The van der Waals surface area contributed by atoms with Crippen LogP contribution in [-0.4, -0.2) is 42.3 Å². The van der Waals surface area contributed by atoms with Crippen molar-refractivity contribution in [2.24, 2.45) is 11.8 Å². The van der Waals surface area contributed by atoms with Crippen LogP contribution in [-0.2, 0) is 4.79 Å². The molecular formula is C19H20ClFN4O2. The summed E-state index contributed by atoms with van der Waals surface area (Å²) in [5.74, 6) is -0.809. The Morgan fingerprint density at radius 2 is 2.07 bits per heavy atom. The van der Waals surface area contributed by atoms with E-state index in [0.29, 0.717) is 17.4 Å². The zero-order chi connectivity index (χ0) is 19.6. The van der Waals surface area contributed by atoms with Crippen molar-refractivity contribution in [3.05, 3.63) is 52.9 Å². The van der Waals surface area contributed by atoms with Gasteiger partial charge in [-0.25, -0.2) is 9.37 Å². The van der Waals surface area contributed by atoms with Crippen molar-refractivity contribution in [3.63, 3.8) is 0 Å². The molecule has 0 bridgehead atoms. The number of carbonyl (C=O) groups is 2. The van der Waals surface area contributed by atoms with Crippen LogP contribution < -0.4 is 10.6 Å². The van der Waals surface area contributed by atoms with Crippen molar-refractivity contribution in [1.82, 2.24) is 9.88 Å². The van der Waals surface area contributed by atoms with E-state index in [9.17, 15) is 14.0 Å². The summed E-state index contributed by atoms with van der Waals surface area (Å²) < 4.78 is 13.9. The average Bonchev–Trinajstić information content (AvgIpc) is 3.33. The Balaban J connectivity index is 1.64. The number of nitrogens with zero attached hydrogens (tertiary/aromatic N) is 2. The molecular weight excluding hydrogens is 371 g/mol.